The zero-order valence-corrected chi connectivity index (χ0v) is 29.0. The number of allylic oxidation sites excluding steroid dienone is 6. The molecule has 5 heteroatoms. The maximum atomic E-state index is 12.3. The van der Waals surface area contributed by atoms with E-state index >= 15 is 0 Å². The van der Waals surface area contributed by atoms with E-state index in [2.05, 4.69) is 55.6 Å². The van der Waals surface area contributed by atoms with Crippen LogP contribution in [0.5, 0.6) is 0 Å². The second kappa shape index (κ2) is 34.4. The van der Waals surface area contributed by atoms with Crippen LogP contribution < -0.4 is 5.32 Å². The molecule has 258 valence electrons. The third-order valence-electron chi connectivity index (χ3n) is 8.44. The van der Waals surface area contributed by atoms with Gasteiger partial charge in [0, 0.05) is 6.42 Å². The first kappa shape index (κ1) is 42.6. The van der Waals surface area contributed by atoms with Gasteiger partial charge < -0.3 is 20.6 Å². The lowest BCUT2D eigenvalue weighted by molar-refractivity contribution is -0.124. The SMILES string of the molecule is CCCC/C=C\CCCCCCC(=O)NC(CO)C(O)C(O)CCC/C=C/CC/C=C/CCCCCCCCCCCCC. The molecule has 0 spiro atoms. The van der Waals surface area contributed by atoms with Gasteiger partial charge in [-0.1, -0.05) is 140 Å². The molecule has 0 radical (unpaired) electrons. The van der Waals surface area contributed by atoms with E-state index in [-0.39, 0.29) is 12.5 Å². The van der Waals surface area contributed by atoms with Gasteiger partial charge in [0.25, 0.3) is 0 Å². The lowest BCUT2D eigenvalue weighted by atomic mass is 10.0. The van der Waals surface area contributed by atoms with E-state index in [1.807, 2.05) is 0 Å². The van der Waals surface area contributed by atoms with Crippen LogP contribution in [0.15, 0.2) is 36.5 Å². The highest BCUT2D eigenvalue weighted by atomic mass is 16.3. The first-order valence-electron chi connectivity index (χ1n) is 18.8. The lowest BCUT2D eigenvalue weighted by Crippen LogP contribution is -2.50. The second-order valence-electron chi connectivity index (χ2n) is 12.8. The molecule has 3 atom stereocenters. The summed E-state index contributed by atoms with van der Waals surface area (Å²) in [6, 6.07) is -0.835. The van der Waals surface area contributed by atoms with Crippen LogP contribution in [0.4, 0.5) is 0 Å². The molecule has 0 aromatic carbocycles. The molecule has 0 aromatic rings. The number of carbonyl (C=O) groups is 1. The van der Waals surface area contributed by atoms with Crippen LogP contribution in [0, 0.1) is 0 Å². The Balaban J connectivity index is 3.75. The number of rotatable bonds is 33. The summed E-state index contributed by atoms with van der Waals surface area (Å²) in [6.07, 6.45) is 41.0. The maximum absolute atomic E-state index is 12.3. The van der Waals surface area contributed by atoms with E-state index in [0.29, 0.717) is 12.8 Å². The number of nitrogens with one attached hydrogen (secondary N) is 1. The van der Waals surface area contributed by atoms with Gasteiger partial charge >= 0.3 is 0 Å². The van der Waals surface area contributed by atoms with Gasteiger partial charge in [0.2, 0.25) is 5.91 Å². The highest BCUT2D eigenvalue weighted by Crippen LogP contribution is 2.13. The summed E-state index contributed by atoms with van der Waals surface area (Å²) in [4.78, 5) is 12.3. The Labute approximate surface area is 273 Å². The maximum Gasteiger partial charge on any atom is 0.220 e. The average molecular weight is 620 g/mol. The third kappa shape index (κ3) is 29.3. The van der Waals surface area contributed by atoms with Gasteiger partial charge in [-0.05, 0) is 70.6 Å². The van der Waals surface area contributed by atoms with E-state index in [9.17, 15) is 20.1 Å². The summed E-state index contributed by atoms with van der Waals surface area (Å²) in [5.41, 5.74) is 0. The highest BCUT2D eigenvalue weighted by Gasteiger charge is 2.26. The summed E-state index contributed by atoms with van der Waals surface area (Å²) >= 11 is 0. The van der Waals surface area contributed by atoms with E-state index in [4.69, 9.17) is 0 Å². The fourth-order valence-corrected chi connectivity index (χ4v) is 5.45. The molecular weight excluding hydrogens is 546 g/mol. The van der Waals surface area contributed by atoms with Crippen molar-refractivity contribution >= 4 is 5.91 Å². The van der Waals surface area contributed by atoms with Crippen molar-refractivity contribution in [3.05, 3.63) is 36.5 Å². The highest BCUT2D eigenvalue weighted by molar-refractivity contribution is 5.76. The van der Waals surface area contributed by atoms with E-state index in [1.165, 1.54) is 89.9 Å². The molecule has 4 N–H and O–H groups in total. The largest absolute Gasteiger partial charge is 0.394 e. The molecule has 0 aromatic heterocycles. The molecular formula is C39H73NO4. The van der Waals surface area contributed by atoms with E-state index in [1.54, 1.807) is 0 Å². The molecule has 0 bridgehead atoms. The molecule has 0 heterocycles. The molecule has 0 rings (SSSR count). The van der Waals surface area contributed by atoms with Crippen LogP contribution in [0.25, 0.3) is 0 Å². The Morgan fingerprint density at radius 2 is 0.955 bits per heavy atom. The smallest absolute Gasteiger partial charge is 0.220 e. The number of aliphatic hydroxyl groups excluding tert-OH is 3. The summed E-state index contributed by atoms with van der Waals surface area (Å²) in [6.45, 7) is 4.09. The summed E-state index contributed by atoms with van der Waals surface area (Å²) < 4.78 is 0. The van der Waals surface area contributed by atoms with Crippen molar-refractivity contribution in [1.82, 2.24) is 5.32 Å². The Morgan fingerprint density at radius 3 is 1.45 bits per heavy atom. The fraction of sp³-hybridized carbons (Fsp3) is 0.821. The zero-order chi connectivity index (χ0) is 32.4. The van der Waals surface area contributed by atoms with Gasteiger partial charge in [-0.2, -0.15) is 0 Å². The van der Waals surface area contributed by atoms with Crippen LogP contribution in [-0.4, -0.2) is 46.1 Å². The molecule has 0 saturated carbocycles. The summed E-state index contributed by atoms with van der Waals surface area (Å²) in [7, 11) is 0. The first-order valence-corrected chi connectivity index (χ1v) is 18.8. The Hall–Kier alpha value is -1.43. The number of unbranched alkanes of at least 4 members (excludes halogenated alkanes) is 19. The first-order chi connectivity index (χ1) is 21.6. The number of amides is 1. The predicted molar refractivity (Wildman–Crippen MR) is 190 cm³/mol. The number of hydrogen-bond acceptors (Lipinski definition) is 4. The molecule has 0 fully saturated rings. The molecule has 0 saturated heterocycles. The summed E-state index contributed by atoms with van der Waals surface area (Å²) in [5, 5.41) is 33.3. The van der Waals surface area contributed by atoms with Gasteiger partial charge in [0.05, 0.1) is 18.8 Å². The van der Waals surface area contributed by atoms with Crippen molar-refractivity contribution in [1.29, 1.82) is 0 Å². The van der Waals surface area contributed by atoms with Crippen LogP contribution in [-0.2, 0) is 4.79 Å². The van der Waals surface area contributed by atoms with Crippen LogP contribution in [0.2, 0.25) is 0 Å². The van der Waals surface area contributed by atoms with Gasteiger partial charge in [-0.25, -0.2) is 0 Å². The monoisotopic (exact) mass is 620 g/mol. The lowest BCUT2D eigenvalue weighted by Gasteiger charge is -2.26. The van der Waals surface area contributed by atoms with Crippen LogP contribution in [0.3, 0.4) is 0 Å². The fourth-order valence-electron chi connectivity index (χ4n) is 5.45. The van der Waals surface area contributed by atoms with Gasteiger partial charge in [0.1, 0.15) is 6.10 Å². The van der Waals surface area contributed by atoms with Crippen molar-refractivity contribution in [3.63, 3.8) is 0 Å². The molecule has 5 nitrogen and oxygen atoms in total. The molecule has 0 aliphatic rings. The zero-order valence-electron chi connectivity index (χ0n) is 29.0. The predicted octanol–water partition coefficient (Wildman–Crippen LogP) is 10.0. The molecule has 1 amide bonds. The second-order valence-corrected chi connectivity index (χ2v) is 12.8. The minimum Gasteiger partial charge on any atom is -0.394 e. The van der Waals surface area contributed by atoms with Gasteiger partial charge in [-0.3, -0.25) is 4.79 Å². The minimum atomic E-state index is -1.17. The number of carbonyl (C=O) groups excluding carboxylic acids is 1. The van der Waals surface area contributed by atoms with Gasteiger partial charge in [-0.15, -0.1) is 0 Å². The number of aliphatic hydroxyl groups is 3. The van der Waals surface area contributed by atoms with E-state index in [0.717, 1.165) is 64.2 Å². The van der Waals surface area contributed by atoms with Crippen molar-refractivity contribution in [2.24, 2.45) is 0 Å². The quantitative estimate of drug-likeness (QED) is 0.0435. The summed E-state index contributed by atoms with van der Waals surface area (Å²) in [5.74, 6) is -0.175. The topological polar surface area (TPSA) is 89.8 Å². The Morgan fingerprint density at radius 1 is 0.545 bits per heavy atom. The van der Waals surface area contributed by atoms with Crippen molar-refractivity contribution in [2.45, 2.75) is 199 Å². The van der Waals surface area contributed by atoms with Crippen molar-refractivity contribution < 1.29 is 20.1 Å². The van der Waals surface area contributed by atoms with E-state index < -0.39 is 18.2 Å². The molecule has 0 aliphatic heterocycles. The van der Waals surface area contributed by atoms with Crippen molar-refractivity contribution in [2.75, 3.05) is 6.61 Å². The third-order valence-corrected chi connectivity index (χ3v) is 8.44. The molecule has 0 aliphatic carbocycles. The standard InChI is InChI=1S/C39H73NO4/c1-3-5-7-9-11-13-15-16-17-18-19-20-21-22-23-24-25-27-29-31-33-37(42)39(44)36(35-41)40-38(43)34-32-30-28-26-14-12-10-8-6-4-2/h10,12,21-22,25,27,36-37,39,41-42,44H,3-9,11,13-20,23-24,26,28-35H2,1-2H3,(H,40,43)/b12-10-,22-21+,27-25+. The molecule has 3 unspecified atom stereocenters. The Bertz CT molecular complexity index is 690. The number of hydrogen-bond donors (Lipinski definition) is 4. The minimum absolute atomic E-state index is 0.175. The average Bonchev–Trinajstić information content (AvgIpc) is 3.03. The molecule has 44 heavy (non-hydrogen) atoms. The van der Waals surface area contributed by atoms with Crippen LogP contribution in [0.1, 0.15) is 181 Å². The van der Waals surface area contributed by atoms with Gasteiger partial charge in [0.15, 0.2) is 0 Å². The van der Waals surface area contributed by atoms with Crippen LogP contribution >= 0.6 is 0 Å². The van der Waals surface area contributed by atoms with Crippen molar-refractivity contribution in [3.8, 4) is 0 Å². The normalized spacial score (nSPS) is 14.2. The Kier molecular flexibility index (Phi) is 33.3.